The topological polar surface area (TPSA) is 63.2 Å². The first-order chi connectivity index (χ1) is 8.58. The molecule has 0 bridgehead atoms. The molecule has 1 N–H and O–H groups in total. The van der Waals surface area contributed by atoms with Crippen LogP contribution in [0.15, 0.2) is 0 Å². The van der Waals surface area contributed by atoms with Crippen LogP contribution >= 0.6 is 11.6 Å². The van der Waals surface area contributed by atoms with Crippen LogP contribution in [0.4, 0.5) is 0 Å². The highest BCUT2D eigenvalue weighted by atomic mass is 35.5. The molecule has 1 unspecified atom stereocenters. The van der Waals surface area contributed by atoms with Gasteiger partial charge < -0.3 is 5.32 Å². The van der Waals surface area contributed by atoms with E-state index in [-0.39, 0.29) is 11.7 Å². The number of alkyl halides is 1. The molecule has 0 aromatic carbocycles. The maximum Gasteiger partial charge on any atom is 0.238 e. The number of halogens is 1. The van der Waals surface area contributed by atoms with Crippen LogP contribution in [-0.2, 0) is 14.6 Å². The second-order valence-corrected chi connectivity index (χ2v) is 7.43. The van der Waals surface area contributed by atoms with Crippen molar-refractivity contribution >= 4 is 27.3 Å². The third kappa shape index (κ3) is 5.14. The molecule has 1 rings (SSSR count). The first kappa shape index (κ1) is 15.8. The van der Waals surface area contributed by atoms with E-state index in [9.17, 15) is 13.2 Å². The zero-order valence-electron chi connectivity index (χ0n) is 10.7. The molecule has 0 radical (unpaired) electrons. The Morgan fingerprint density at radius 1 is 1.17 bits per heavy atom. The van der Waals surface area contributed by atoms with Crippen molar-refractivity contribution in [1.82, 2.24) is 5.32 Å². The smallest absolute Gasteiger partial charge is 0.238 e. The molecular formula is C12H22ClNO3S. The van der Waals surface area contributed by atoms with E-state index in [0.717, 1.165) is 32.1 Å². The van der Waals surface area contributed by atoms with Gasteiger partial charge in [-0.2, -0.15) is 0 Å². The Bertz CT molecular complexity index is 356. The third-order valence-corrected chi connectivity index (χ3v) is 5.67. The Morgan fingerprint density at radius 2 is 1.89 bits per heavy atom. The summed E-state index contributed by atoms with van der Waals surface area (Å²) in [4.78, 5) is 11.8. The highest BCUT2D eigenvalue weighted by Crippen LogP contribution is 2.19. The van der Waals surface area contributed by atoms with Gasteiger partial charge >= 0.3 is 0 Å². The van der Waals surface area contributed by atoms with Gasteiger partial charge in [-0.15, -0.1) is 11.6 Å². The number of carbonyl (C=O) groups excluding carboxylic acids is 1. The highest BCUT2D eigenvalue weighted by molar-refractivity contribution is 7.92. The maximum absolute atomic E-state index is 11.8. The molecule has 18 heavy (non-hydrogen) atoms. The molecule has 4 nitrogen and oxygen atoms in total. The Morgan fingerprint density at radius 3 is 2.56 bits per heavy atom. The monoisotopic (exact) mass is 295 g/mol. The Kier molecular flexibility index (Phi) is 7.00. The van der Waals surface area contributed by atoms with Gasteiger partial charge in [0.1, 0.15) is 5.25 Å². The molecule has 0 aromatic rings. The van der Waals surface area contributed by atoms with Gasteiger partial charge in [-0.1, -0.05) is 19.3 Å². The second-order valence-electron chi connectivity index (χ2n) is 4.75. The molecular weight excluding hydrogens is 274 g/mol. The van der Waals surface area contributed by atoms with E-state index in [1.165, 1.54) is 0 Å². The van der Waals surface area contributed by atoms with Gasteiger partial charge in [-0.3, -0.25) is 4.79 Å². The quantitative estimate of drug-likeness (QED) is 0.576. The van der Waals surface area contributed by atoms with Crippen LogP contribution < -0.4 is 5.32 Å². The van der Waals surface area contributed by atoms with Crippen LogP contribution in [0, 0.1) is 0 Å². The SMILES string of the molecule is O=C(NCCCCCCCl)C1CCCCS1(=O)=O. The number of carbonyl (C=O) groups is 1. The molecule has 0 saturated carbocycles. The van der Waals surface area contributed by atoms with E-state index in [1.807, 2.05) is 0 Å². The summed E-state index contributed by atoms with van der Waals surface area (Å²) in [6.45, 7) is 0.563. The molecule has 1 aliphatic rings. The van der Waals surface area contributed by atoms with E-state index in [2.05, 4.69) is 5.32 Å². The minimum Gasteiger partial charge on any atom is -0.355 e. The van der Waals surface area contributed by atoms with Gasteiger partial charge in [-0.25, -0.2) is 8.42 Å². The van der Waals surface area contributed by atoms with Crippen molar-refractivity contribution in [3.05, 3.63) is 0 Å². The zero-order chi connectivity index (χ0) is 13.4. The van der Waals surface area contributed by atoms with Gasteiger partial charge in [0.15, 0.2) is 9.84 Å². The van der Waals surface area contributed by atoms with Crippen LogP contribution in [0.3, 0.4) is 0 Å². The van der Waals surface area contributed by atoms with Gasteiger partial charge in [0, 0.05) is 12.4 Å². The summed E-state index contributed by atoms with van der Waals surface area (Å²) in [6.07, 6.45) is 5.94. The zero-order valence-corrected chi connectivity index (χ0v) is 12.2. The van der Waals surface area contributed by atoms with Crippen LogP contribution in [0.5, 0.6) is 0 Å². The van der Waals surface area contributed by atoms with E-state index >= 15 is 0 Å². The standard InChI is InChI=1S/C12H22ClNO3S/c13-8-4-1-2-5-9-14-12(15)11-7-3-6-10-18(11,16)17/h11H,1-10H2,(H,14,15). The van der Waals surface area contributed by atoms with Crippen molar-refractivity contribution in [3.8, 4) is 0 Å². The molecule has 0 aliphatic carbocycles. The minimum atomic E-state index is -3.20. The van der Waals surface area contributed by atoms with E-state index < -0.39 is 15.1 Å². The second kappa shape index (κ2) is 8.00. The fraction of sp³-hybridized carbons (Fsp3) is 0.917. The average Bonchev–Trinajstić information content (AvgIpc) is 2.32. The van der Waals surface area contributed by atoms with Crippen LogP contribution in [-0.4, -0.2) is 37.8 Å². The lowest BCUT2D eigenvalue weighted by molar-refractivity contribution is -0.120. The normalized spacial score (nSPS) is 22.6. The van der Waals surface area contributed by atoms with Crippen molar-refractivity contribution in [1.29, 1.82) is 0 Å². The van der Waals surface area contributed by atoms with E-state index in [0.29, 0.717) is 25.3 Å². The molecule has 1 atom stereocenters. The predicted octanol–water partition coefficient (Wildman–Crippen LogP) is 1.87. The summed E-state index contributed by atoms with van der Waals surface area (Å²) in [5.41, 5.74) is 0. The lowest BCUT2D eigenvalue weighted by Gasteiger charge is -2.21. The first-order valence-electron chi connectivity index (χ1n) is 6.63. The van der Waals surface area contributed by atoms with Crippen molar-refractivity contribution in [2.45, 2.75) is 50.2 Å². The first-order valence-corrected chi connectivity index (χ1v) is 8.88. The lowest BCUT2D eigenvalue weighted by atomic mass is 10.1. The predicted molar refractivity (Wildman–Crippen MR) is 73.6 cm³/mol. The van der Waals surface area contributed by atoms with Crippen LogP contribution in [0.2, 0.25) is 0 Å². The molecule has 1 heterocycles. The highest BCUT2D eigenvalue weighted by Gasteiger charge is 2.34. The molecule has 1 saturated heterocycles. The summed E-state index contributed by atoms with van der Waals surface area (Å²) < 4.78 is 23.4. The fourth-order valence-electron chi connectivity index (χ4n) is 2.15. The van der Waals surface area contributed by atoms with Crippen LogP contribution in [0.1, 0.15) is 44.9 Å². The van der Waals surface area contributed by atoms with E-state index in [1.54, 1.807) is 0 Å². The lowest BCUT2D eigenvalue weighted by Crippen LogP contribution is -2.43. The minimum absolute atomic E-state index is 0.154. The summed E-state index contributed by atoms with van der Waals surface area (Å²) >= 11 is 5.56. The van der Waals surface area contributed by atoms with Crippen molar-refractivity contribution in [3.63, 3.8) is 0 Å². The van der Waals surface area contributed by atoms with Gasteiger partial charge in [0.25, 0.3) is 0 Å². The Labute approximate surface area is 114 Å². The molecule has 1 amide bonds. The van der Waals surface area contributed by atoms with E-state index in [4.69, 9.17) is 11.6 Å². The average molecular weight is 296 g/mol. The molecule has 0 aromatic heterocycles. The van der Waals surface area contributed by atoms with Crippen LogP contribution in [0.25, 0.3) is 0 Å². The number of hydrogen-bond acceptors (Lipinski definition) is 3. The number of unbranched alkanes of at least 4 members (excludes halogenated alkanes) is 3. The number of rotatable bonds is 7. The van der Waals surface area contributed by atoms with Crippen molar-refractivity contribution < 1.29 is 13.2 Å². The summed E-state index contributed by atoms with van der Waals surface area (Å²) in [6, 6.07) is 0. The van der Waals surface area contributed by atoms with Gasteiger partial charge in [0.2, 0.25) is 5.91 Å². The molecule has 0 spiro atoms. The third-order valence-electron chi connectivity index (χ3n) is 3.23. The molecule has 1 aliphatic heterocycles. The van der Waals surface area contributed by atoms with Gasteiger partial charge in [-0.05, 0) is 25.7 Å². The molecule has 1 fully saturated rings. The number of sulfone groups is 1. The maximum atomic E-state index is 11.8. The number of hydrogen-bond donors (Lipinski definition) is 1. The summed E-state index contributed by atoms with van der Waals surface area (Å²) in [5, 5.41) is 1.92. The Balaban J connectivity index is 2.24. The molecule has 106 valence electrons. The van der Waals surface area contributed by atoms with Crippen molar-refractivity contribution in [2.75, 3.05) is 18.2 Å². The Hall–Kier alpha value is -0.290. The number of amides is 1. The molecule has 6 heteroatoms. The summed E-state index contributed by atoms with van der Waals surface area (Å²) in [7, 11) is -3.20. The number of nitrogens with one attached hydrogen (secondary N) is 1. The van der Waals surface area contributed by atoms with Gasteiger partial charge in [0.05, 0.1) is 5.75 Å². The van der Waals surface area contributed by atoms with Crippen molar-refractivity contribution in [2.24, 2.45) is 0 Å². The fourth-order valence-corrected chi connectivity index (χ4v) is 4.16. The largest absolute Gasteiger partial charge is 0.355 e. The summed E-state index contributed by atoms with van der Waals surface area (Å²) in [5.74, 6) is 0.514.